The fraction of sp³-hybridized carbons (Fsp3) is 0.353. The number of likely N-dealkylation sites (tertiary alicyclic amines) is 1. The lowest BCUT2D eigenvalue weighted by Crippen LogP contribution is -2.38. The maximum atomic E-state index is 12.9. The topological polar surface area (TPSA) is 97.0 Å². The summed E-state index contributed by atoms with van der Waals surface area (Å²) in [5.41, 5.74) is 1.49. The Hall–Kier alpha value is -2.81. The normalized spacial score (nSPS) is 17.3. The number of carbonyl (C=O) groups excluding carboxylic acids is 1. The number of nitrogens with zero attached hydrogens (tertiary/aromatic N) is 5. The zero-order valence-corrected chi connectivity index (χ0v) is 15.1. The quantitative estimate of drug-likeness (QED) is 0.752. The van der Waals surface area contributed by atoms with Crippen LogP contribution in [0.3, 0.4) is 0 Å². The molecule has 9 heteroatoms. The van der Waals surface area contributed by atoms with E-state index in [0.717, 1.165) is 30.1 Å². The molecule has 0 saturated carbocycles. The second-order valence-electron chi connectivity index (χ2n) is 6.07. The summed E-state index contributed by atoms with van der Waals surface area (Å²) >= 11 is 1.49. The number of hydrogen-bond acceptors (Lipinski definition) is 8. The van der Waals surface area contributed by atoms with E-state index < -0.39 is 0 Å². The standard InChI is InChI=1S/C17H18N6O2S/c1-11-15(25-10-20-11)16(24)23-7-3-2-4-13(23)12-9-26-17(21-12)22-14-8-18-5-6-19-14/h5-6,8-10,13H,2-4,7H2,1H3,(H,19,21,22). The van der Waals surface area contributed by atoms with E-state index >= 15 is 0 Å². The molecule has 1 fully saturated rings. The zero-order chi connectivity index (χ0) is 17.9. The van der Waals surface area contributed by atoms with E-state index in [0.29, 0.717) is 23.8 Å². The number of aromatic nitrogens is 4. The fourth-order valence-corrected chi connectivity index (χ4v) is 3.85. The first-order valence-corrected chi connectivity index (χ1v) is 9.30. The van der Waals surface area contributed by atoms with Crippen molar-refractivity contribution in [2.24, 2.45) is 0 Å². The van der Waals surface area contributed by atoms with E-state index in [1.54, 1.807) is 25.5 Å². The lowest BCUT2D eigenvalue weighted by molar-refractivity contribution is 0.0573. The molecule has 8 nitrogen and oxygen atoms in total. The monoisotopic (exact) mass is 370 g/mol. The van der Waals surface area contributed by atoms with Gasteiger partial charge in [0.25, 0.3) is 5.91 Å². The van der Waals surface area contributed by atoms with Crippen molar-refractivity contribution in [1.82, 2.24) is 24.8 Å². The van der Waals surface area contributed by atoms with Gasteiger partial charge in [0.1, 0.15) is 0 Å². The van der Waals surface area contributed by atoms with Crippen LogP contribution in [-0.4, -0.2) is 37.3 Å². The molecule has 3 aromatic rings. The van der Waals surface area contributed by atoms with Gasteiger partial charge in [0.15, 0.2) is 17.3 Å². The summed E-state index contributed by atoms with van der Waals surface area (Å²) in [5, 5.41) is 5.87. The Bertz CT molecular complexity index is 894. The van der Waals surface area contributed by atoms with Crippen LogP contribution in [0.2, 0.25) is 0 Å². The zero-order valence-electron chi connectivity index (χ0n) is 14.3. The lowest BCUT2D eigenvalue weighted by atomic mass is 9.99. The predicted octanol–water partition coefficient (Wildman–Crippen LogP) is 3.34. The van der Waals surface area contributed by atoms with E-state index in [4.69, 9.17) is 4.42 Å². The van der Waals surface area contributed by atoms with Gasteiger partial charge in [-0.25, -0.2) is 15.0 Å². The van der Waals surface area contributed by atoms with Gasteiger partial charge in [-0.05, 0) is 26.2 Å². The van der Waals surface area contributed by atoms with Gasteiger partial charge in [-0.15, -0.1) is 11.3 Å². The molecule has 26 heavy (non-hydrogen) atoms. The van der Waals surface area contributed by atoms with Gasteiger partial charge in [-0.3, -0.25) is 9.78 Å². The van der Waals surface area contributed by atoms with Crippen molar-refractivity contribution < 1.29 is 9.21 Å². The number of carbonyl (C=O) groups is 1. The van der Waals surface area contributed by atoms with Crippen LogP contribution < -0.4 is 5.32 Å². The summed E-state index contributed by atoms with van der Waals surface area (Å²) in [6.07, 6.45) is 9.12. The minimum Gasteiger partial charge on any atom is -0.438 e. The van der Waals surface area contributed by atoms with Gasteiger partial charge >= 0.3 is 0 Å². The van der Waals surface area contributed by atoms with Crippen molar-refractivity contribution in [2.45, 2.75) is 32.2 Å². The molecule has 0 radical (unpaired) electrons. The number of aryl methyl sites for hydroxylation is 1. The molecular formula is C17H18N6O2S. The molecule has 134 valence electrons. The number of piperidine rings is 1. The molecule has 4 heterocycles. The smallest absolute Gasteiger partial charge is 0.292 e. The van der Waals surface area contributed by atoms with E-state index in [1.165, 1.54) is 17.7 Å². The second kappa shape index (κ2) is 7.20. The average Bonchev–Trinajstić information content (AvgIpc) is 3.31. The second-order valence-corrected chi connectivity index (χ2v) is 6.93. The molecule has 0 bridgehead atoms. The maximum absolute atomic E-state index is 12.9. The van der Waals surface area contributed by atoms with Gasteiger partial charge in [0, 0.05) is 24.3 Å². The molecule has 1 N–H and O–H groups in total. The van der Waals surface area contributed by atoms with Crippen LogP contribution in [0.1, 0.15) is 47.2 Å². The molecule has 4 rings (SSSR count). The molecule has 1 aliphatic heterocycles. The highest BCUT2D eigenvalue weighted by Gasteiger charge is 2.32. The molecule has 1 saturated heterocycles. The molecule has 0 spiro atoms. The summed E-state index contributed by atoms with van der Waals surface area (Å²) in [4.78, 5) is 31.7. The molecule has 1 atom stereocenters. The van der Waals surface area contributed by atoms with Gasteiger partial charge < -0.3 is 14.6 Å². The number of anilines is 2. The third-order valence-corrected chi connectivity index (χ3v) is 5.14. The van der Waals surface area contributed by atoms with Crippen LogP contribution in [-0.2, 0) is 0 Å². The minimum absolute atomic E-state index is 0.0607. The van der Waals surface area contributed by atoms with Gasteiger partial charge in [-0.2, -0.15) is 0 Å². The Morgan fingerprint density at radius 3 is 3.04 bits per heavy atom. The van der Waals surface area contributed by atoms with Crippen LogP contribution in [0.15, 0.2) is 34.8 Å². The molecule has 0 aliphatic carbocycles. The Labute approximate surface area is 154 Å². The first kappa shape index (κ1) is 16.6. The maximum Gasteiger partial charge on any atom is 0.292 e. The summed E-state index contributed by atoms with van der Waals surface area (Å²) in [5.74, 6) is 0.827. The SMILES string of the molecule is Cc1ncoc1C(=O)N1CCCCC1c1csc(Nc2cnccn2)n1. The van der Waals surface area contributed by atoms with E-state index in [1.807, 2.05) is 10.3 Å². The minimum atomic E-state index is -0.124. The summed E-state index contributed by atoms with van der Waals surface area (Å²) in [6, 6.07) is -0.0607. The third-order valence-electron chi connectivity index (χ3n) is 4.36. The van der Waals surface area contributed by atoms with Crippen LogP contribution in [0, 0.1) is 6.92 Å². The van der Waals surface area contributed by atoms with Crippen LogP contribution in [0.25, 0.3) is 0 Å². The highest BCUT2D eigenvalue weighted by molar-refractivity contribution is 7.13. The Balaban J connectivity index is 1.55. The van der Waals surface area contributed by atoms with Crippen LogP contribution in [0.5, 0.6) is 0 Å². The number of thiazole rings is 1. The average molecular weight is 370 g/mol. The van der Waals surface area contributed by atoms with E-state index in [9.17, 15) is 4.79 Å². The fourth-order valence-electron chi connectivity index (χ4n) is 3.09. The van der Waals surface area contributed by atoms with Crippen LogP contribution in [0.4, 0.5) is 10.9 Å². The van der Waals surface area contributed by atoms with Crippen molar-refractivity contribution in [2.75, 3.05) is 11.9 Å². The van der Waals surface area contributed by atoms with Crippen molar-refractivity contribution >= 4 is 28.2 Å². The van der Waals surface area contributed by atoms with Crippen LogP contribution >= 0.6 is 11.3 Å². The van der Waals surface area contributed by atoms with Gasteiger partial charge in [-0.1, -0.05) is 0 Å². The molecule has 1 unspecified atom stereocenters. The molecular weight excluding hydrogens is 352 g/mol. The van der Waals surface area contributed by atoms with Crippen molar-refractivity contribution in [3.8, 4) is 0 Å². The number of oxazole rings is 1. The van der Waals surface area contributed by atoms with Crippen molar-refractivity contribution in [3.05, 3.63) is 47.5 Å². The highest BCUT2D eigenvalue weighted by Crippen LogP contribution is 2.34. The van der Waals surface area contributed by atoms with Gasteiger partial charge in [0.05, 0.1) is 23.6 Å². The van der Waals surface area contributed by atoms with Gasteiger partial charge in [0.2, 0.25) is 5.76 Å². The lowest BCUT2D eigenvalue weighted by Gasteiger charge is -2.34. The van der Waals surface area contributed by atoms with E-state index in [2.05, 4.69) is 25.3 Å². The molecule has 0 aromatic carbocycles. The Morgan fingerprint density at radius 1 is 1.35 bits per heavy atom. The number of rotatable bonds is 4. The largest absolute Gasteiger partial charge is 0.438 e. The summed E-state index contributed by atoms with van der Waals surface area (Å²) in [7, 11) is 0. The van der Waals surface area contributed by atoms with E-state index in [-0.39, 0.29) is 11.9 Å². The highest BCUT2D eigenvalue weighted by atomic mass is 32.1. The first-order chi connectivity index (χ1) is 12.7. The summed E-state index contributed by atoms with van der Waals surface area (Å²) in [6.45, 7) is 2.47. The third kappa shape index (κ3) is 3.30. The van der Waals surface area contributed by atoms with Crippen molar-refractivity contribution in [3.63, 3.8) is 0 Å². The number of hydrogen-bond donors (Lipinski definition) is 1. The molecule has 3 aromatic heterocycles. The Kier molecular flexibility index (Phi) is 4.61. The molecule has 1 aliphatic rings. The van der Waals surface area contributed by atoms with Crippen molar-refractivity contribution in [1.29, 1.82) is 0 Å². The Morgan fingerprint density at radius 2 is 2.27 bits per heavy atom. The number of amides is 1. The summed E-state index contributed by atoms with van der Waals surface area (Å²) < 4.78 is 5.30. The number of nitrogens with one attached hydrogen (secondary N) is 1. The first-order valence-electron chi connectivity index (χ1n) is 8.42. The predicted molar refractivity (Wildman–Crippen MR) is 96.3 cm³/mol. The molecule has 1 amide bonds.